The minimum Gasteiger partial charge on any atom is -0.790 e. The van der Waals surface area contributed by atoms with Crippen LogP contribution in [-0.4, -0.2) is 0 Å². The number of benzene rings is 2. The smallest absolute Gasteiger partial charge is 0.126 e. The molecule has 0 spiro atoms. The Balaban J connectivity index is 2.95. The van der Waals surface area contributed by atoms with Gasteiger partial charge in [-0.15, -0.1) is 0 Å². The maximum Gasteiger partial charge on any atom is 0.126 e. The molecule has 0 aliphatic rings. The van der Waals surface area contributed by atoms with Gasteiger partial charge in [0.2, 0.25) is 0 Å². The molecule has 0 saturated heterocycles. The molecule has 4 nitrogen and oxygen atoms in total. The van der Waals surface area contributed by atoms with E-state index in [0.29, 0.717) is 12.3 Å². The number of hydrogen-bond donors (Lipinski definition) is 0. The Morgan fingerprint density at radius 3 is 1.52 bits per heavy atom. The molecule has 2 aromatic carbocycles. The summed E-state index contributed by atoms with van der Waals surface area (Å²) in [5.74, 6) is 0.138. The second-order valence-electron chi connectivity index (χ2n) is 8.76. The summed E-state index contributed by atoms with van der Waals surface area (Å²) in [4.78, 5) is 24.2. The summed E-state index contributed by atoms with van der Waals surface area (Å²) in [6, 6.07) is 11.9. The number of rotatable bonds is 8. The van der Waals surface area contributed by atoms with E-state index in [9.17, 15) is 14.4 Å². The van der Waals surface area contributed by atoms with Gasteiger partial charge in [0.1, 0.15) is 5.60 Å². The van der Waals surface area contributed by atoms with Crippen LogP contribution in [0.4, 0.5) is 0 Å². The lowest BCUT2D eigenvalue weighted by atomic mass is 9.71. The normalized spacial score (nSPS) is 13.7. The Morgan fingerprint density at radius 1 is 0.862 bits per heavy atom. The third-order valence-corrected chi connectivity index (χ3v) is 5.89. The van der Waals surface area contributed by atoms with Crippen LogP contribution in [-0.2, 0) is 14.7 Å². The molecule has 0 amide bonds. The van der Waals surface area contributed by atoms with Gasteiger partial charge in [0.15, 0.2) is 0 Å². The van der Waals surface area contributed by atoms with Crippen molar-refractivity contribution in [2.75, 3.05) is 0 Å². The molecule has 0 aromatic heterocycles. The fourth-order valence-electron chi connectivity index (χ4n) is 4.56. The zero-order valence-corrected chi connectivity index (χ0v) is 19.5. The highest BCUT2D eigenvalue weighted by molar-refractivity contribution is 7.43. The average molecular weight is 416 g/mol. The largest absolute Gasteiger partial charge is 0.790 e. The van der Waals surface area contributed by atoms with Crippen LogP contribution in [0, 0.1) is 39.5 Å². The third kappa shape index (κ3) is 5.79. The number of phosphoric acid groups is 1. The van der Waals surface area contributed by atoms with Gasteiger partial charge in [0.05, 0.1) is 7.82 Å². The molecule has 5 heteroatoms. The molecule has 2 rings (SSSR count). The van der Waals surface area contributed by atoms with E-state index in [1.54, 1.807) is 0 Å². The first-order valence-electron chi connectivity index (χ1n) is 10.3. The van der Waals surface area contributed by atoms with Crippen LogP contribution in [0.15, 0.2) is 36.4 Å². The number of aryl methyl sites for hydroxylation is 4. The van der Waals surface area contributed by atoms with Crippen LogP contribution in [0.1, 0.15) is 67.0 Å². The predicted octanol–water partition coefficient (Wildman–Crippen LogP) is 5.08. The Bertz CT molecular complexity index is 806. The van der Waals surface area contributed by atoms with E-state index in [0.717, 1.165) is 39.8 Å². The summed E-state index contributed by atoms with van der Waals surface area (Å²) in [5.41, 5.74) is 4.10. The van der Waals surface area contributed by atoms with Crippen molar-refractivity contribution in [3.05, 3.63) is 69.8 Å². The third-order valence-electron chi connectivity index (χ3n) is 5.38. The lowest BCUT2D eigenvalue weighted by Crippen LogP contribution is -2.42. The van der Waals surface area contributed by atoms with Gasteiger partial charge in [-0.1, -0.05) is 79.4 Å². The van der Waals surface area contributed by atoms with E-state index in [4.69, 9.17) is 4.52 Å². The van der Waals surface area contributed by atoms with Gasteiger partial charge in [-0.25, -0.2) is 0 Å². The van der Waals surface area contributed by atoms with Gasteiger partial charge in [-0.2, -0.15) is 0 Å². The van der Waals surface area contributed by atoms with Crippen molar-refractivity contribution < 1.29 is 18.9 Å². The minimum absolute atomic E-state index is 0.180. The number of hydrogen-bond acceptors (Lipinski definition) is 4. The van der Waals surface area contributed by atoms with Gasteiger partial charge < -0.3 is 18.9 Å². The molecule has 0 bridgehead atoms. The molecule has 1 atom stereocenters. The number of phosphoric ester groups is 1. The van der Waals surface area contributed by atoms with Crippen LogP contribution < -0.4 is 9.79 Å². The summed E-state index contributed by atoms with van der Waals surface area (Å²) >= 11 is 0. The molecule has 0 fully saturated rings. The molecule has 1 unspecified atom stereocenters. The van der Waals surface area contributed by atoms with Gasteiger partial charge in [0.25, 0.3) is 0 Å². The lowest BCUT2D eigenvalue weighted by molar-refractivity contribution is -0.351. The van der Waals surface area contributed by atoms with Crippen molar-refractivity contribution >= 4 is 7.82 Å². The van der Waals surface area contributed by atoms with Crippen LogP contribution in [0.25, 0.3) is 0 Å². The Morgan fingerprint density at radius 2 is 1.24 bits per heavy atom. The molecule has 0 aliphatic heterocycles. The molecule has 0 heterocycles. The van der Waals surface area contributed by atoms with E-state index in [1.807, 2.05) is 71.0 Å². The molecule has 160 valence electrons. The molecule has 29 heavy (non-hydrogen) atoms. The monoisotopic (exact) mass is 416 g/mol. The minimum atomic E-state index is -5.29. The van der Waals surface area contributed by atoms with Gasteiger partial charge in [-0.3, -0.25) is 0 Å². The maximum absolute atomic E-state index is 12.1. The molecule has 0 aliphatic carbocycles. The van der Waals surface area contributed by atoms with Crippen LogP contribution >= 0.6 is 7.82 Å². The summed E-state index contributed by atoms with van der Waals surface area (Å²) in [5, 5.41) is 0. The van der Waals surface area contributed by atoms with Gasteiger partial charge in [-0.05, 0) is 63.5 Å². The Hall–Kier alpha value is -1.45. The topological polar surface area (TPSA) is 72.4 Å². The fourth-order valence-corrected chi connectivity index (χ4v) is 5.27. The van der Waals surface area contributed by atoms with Gasteiger partial charge >= 0.3 is 0 Å². The van der Waals surface area contributed by atoms with E-state index >= 15 is 0 Å². The molecular formula is C24H33O4P-2. The first-order valence-corrected chi connectivity index (χ1v) is 11.7. The zero-order valence-electron chi connectivity index (χ0n) is 18.6. The van der Waals surface area contributed by atoms with Crippen molar-refractivity contribution in [1.29, 1.82) is 0 Å². The zero-order chi connectivity index (χ0) is 22.0. The SMILES string of the molecule is CCC(CC(C)C)C(OP(=O)([O-])[O-])(c1cc(C)cc(C)c1)c1cc(C)cc(C)c1. The Kier molecular flexibility index (Phi) is 7.51. The molecule has 0 radical (unpaired) electrons. The summed E-state index contributed by atoms with van der Waals surface area (Å²) in [6.45, 7) is 14.1. The molecule has 0 N–H and O–H groups in total. The van der Waals surface area contributed by atoms with E-state index in [2.05, 4.69) is 13.8 Å². The first-order chi connectivity index (χ1) is 13.4. The van der Waals surface area contributed by atoms with E-state index in [1.165, 1.54) is 0 Å². The first kappa shape index (κ1) is 23.8. The van der Waals surface area contributed by atoms with Gasteiger partial charge in [0, 0.05) is 0 Å². The fraction of sp³-hybridized carbons (Fsp3) is 0.500. The van der Waals surface area contributed by atoms with Crippen molar-refractivity contribution in [1.82, 2.24) is 0 Å². The average Bonchev–Trinajstić information content (AvgIpc) is 2.54. The second kappa shape index (κ2) is 9.14. The van der Waals surface area contributed by atoms with Crippen molar-refractivity contribution in [2.45, 2.75) is 66.9 Å². The lowest BCUT2D eigenvalue weighted by Gasteiger charge is -2.48. The van der Waals surface area contributed by atoms with Crippen molar-refractivity contribution in [3.63, 3.8) is 0 Å². The summed E-state index contributed by atoms with van der Waals surface area (Å²) in [6.07, 6.45) is 1.41. The van der Waals surface area contributed by atoms with Crippen LogP contribution in [0.3, 0.4) is 0 Å². The summed E-state index contributed by atoms with van der Waals surface area (Å²) in [7, 11) is -5.29. The predicted molar refractivity (Wildman–Crippen MR) is 115 cm³/mol. The summed E-state index contributed by atoms with van der Waals surface area (Å²) < 4.78 is 17.7. The van der Waals surface area contributed by atoms with E-state index < -0.39 is 13.4 Å². The highest BCUT2D eigenvalue weighted by Gasteiger charge is 2.44. The quantitative estimate of drug-likeness (QED) is 0.563. The highest BCUT2D eigenvalue weighted by atomic mass is 31.2. The molecular weight excluding hydrogens is 383 g/mol. The highest BCUT2D eigenvalue weighted by Crippen LogP contribution is 2.52. The molecule has 2 aromatic rings. The van der Waals surface area contributed by atoms with E-state index in [-0.39, 0.29) is 5.92 Å². The van der Waals surface area contributed by atoms with Crippen LogP contribution in [0.2, 0.25) is 0 Å². The van der Waals surface area contributed by atoms with Crippen molar-refractivity contribution in [2.24, 2.45) is 11.8 Å². The standard InChI is InChI=1S/C24H35O4P/c1-8-21(9-16(2)3)24(28-29(25,26)27,22-12-17(4)10-18(5)13-22)23-14-19(6)11-20(7)15-23/h10-16,21H,8-9H2,1-7H3,(H2,25,26,27)/p-2. The Labute approximate surface area is 175 Å². The molecule has 0 saturated carbocycles. The van der Waals surface area contributed by atoms with Crippen LogP contribution in [0.5, 0.6) is 0 Å². The second-order valence-corrected chi connectivity index (χ2v) is 9.84. The maximum atomic E-state index is 12.1. The van der Waals surface area contributed by atoms with Crippen molar-refractivity contribution in [3.8, 4) is 0 Å².